The van der Waals surface area contributed by atoms with Gasteiger partial charge in [-0.1, -0.05) is 98.8 Å². The Labute approximate surface area is 194 Å². The van der Waals surface area contributed by atoms with Crippen molar-refractivity contribution in [1.82, 2.24) is 4.90 Å². The average Bonchev–Trinajstić information content (AvgIpc) is 3.09. The highest BCUT2D eigenvalue weighted by Crippen LogP contribution is 2.41. The minimum Gasteiger partial charge on any atom is -0.449 e. The maximum Gasteiger partial charge on any atom is 0.413 e. The molecule has 0 unspecified atom stereocenters. The number of esters is 1. The van der Waals surface area contributed by atoms with Crippen LogP contribution in [-0.2, 0) is 20.7 Å². The zero-order valence-electron chi connectivity index (χ0n) is 19.2. The summed E-state index contributed by atoms with van der Waals surface area (Å²) in [6.07, 6.45) is -1.07. The van der Waals surface area contributed by atoms with Crippen molar-refractivity contribution < 1.29 is 19.1 Å². The van der Waals surface area contributed by atoms with Crippen molar-refractivity contribution in [3.8, 4) is 11.1 Å². The largest absolute Gasteiger partial charge is 0.449 e. The van der Waals surface area contributed by atoms with Crippen molar-refractivity contribution in [3.63, 3.8) is 0 Å². The highest BCUT2D eigenvalue weighted by Gasteiger charge is 2.55. The van der Waals surface area contributed by atoms with E-state index in [9.17, 15) is 9.59 Å². The lowest BCUT2D eigenvalue weighted by Crippen LogP contribution is -2.51. The molecule has 1 aliphatic heterocycles. The quantitative estimate of drug-likeness (QED) is 0.438. The molecule has 0 spiro atoms. The first-order valence-electron chi connectivity index (χ1n) is 11.2. The molecular formula is C28H29NO4. The summed E-state index contributed by atoms with van der Waals surface area (Å²) in [7, 11) is 0. The van der Waals surface area contributed by atoms with Gasteiger partial charge < -0.3 is 9.47 Å². The van der Waals surface area contributed by atoms with Crippen LogP contribution in [0.25, 0.3) is 11.1 Å². The van der Waals surface area contributed by atoms with E-state index in [0.29, 0.717) is 6.42 Å². The summed E-state index contributed by atoms with van der Waals surface area (Å²) in [5.74, 6) is -0.262. The van der Waals surface area contributed by atoms with Crippen molar-refractivity contribution in [2.75, 3.05) is 6.61 Å². The predicted octanol–water partition coefficient (Wildman–Crippen LogP) is 6.01. The molecule has 1 heterocycles. The monoisotopic (exact) mass is 443 g/mol. The smallest absolute Gasteiger partial charge is 0.413 e. The molecule has 5 nitrogen and oxygen atoms in total. The zero-order chi connectivity index (χ0) is 23.4. The molecule has 1 amide bonds. The summed E-state index contributed by atoms with van der Waals surface area (Å²) < 4.78 is 11.4. The van der Waals surface area contributed by atoms with Gasteiger partial charge in [-0.15, -0.1) is 0 Å². The fraction of sp³-hybridized carbons (Fsp3) is 0.286. The van der Waals surface area contributed by atoms with Crippen LogP contribution in [0.5, 0.6) is 0 Å². The number of ether oxygens (including phenoxy) is 2. The van der Waals surface area contributed by atoms with Gasteiger partial charge in [-0.25, -0.2) is 9.59 Å². The normalized spacial score (nSPS) is 20.1. The number of hydrogen-bond donors (Lipinski definition) is 0. The second-order valence-corrected chi connectivity index (χ2v) is 9.02. The van der Waals surface area contributed by atoms with Crippen LogP contribution in [0, 0.1) is 5.92 Å². The van der Waals surface area contributed by atoms with E-state index in [-0.39, 0.29) is 12.5 Å². The first-order valence-corrected chi connectivity index (χ1v) is 11.2. The molecule has 33 heavy (non-hydrogen) atoms. The van der Waals surface area contributed by atoms with E-state index in [0.717, 1.165) is 22.3 Å². The molecule has 5 heteroatoms. The van der Waals surface area contributed by atoms with E-state index in [1.165, 1.54) is 4.90 Å². The van der Waals surface area contributed by atoms with Crippen molar-refractivity contribution in [2.24, 2.45) is 5.92 Å². The number of carbonyl (C=O) groups excluding carboxylic acids is 2. The van der Waals surface area contributed by atoms with E-state index >= 15 is 0 Å². The molecule has 0 bridgehead atoms. The predicted molar refractivity (Wildman–Crippen MR) is 127 cm³/mol. The second kappa shape index (κ2) is 9.49. The summed E-state index contributed by atoms with van der Waals surface area (Å²) in [5.41, 5.74) is 2.62. The molecule has 1 fully saturated rings. The number of rotatable bonds is 6. The number of benzene rings is 3. The molecule has 4 rings (SSSR count). The van der Waals surface area contributed by atoms with Gasteiger partial charge in [-0.2, -0.15) is 0 Å². The van der Waals surface area contributed by atoms with Gasteiger partial charge in [0.05, 0.1) is 6.61 Å². The summed E-state index contributed by atoms with van der Waals surface area (Å²) in [4.78, 5) is 27.9. The van der Waals surface area contributed by atoms with Crippen LogP contribution in [0.3, 0.4) is 0 Å². The molecule has 1 saturated heterocycles. The van der Waals surface area contributed by atoms with Crippen LogP contribution in [0.15, 0.2) is 84.9 Å². The van der Waals surface area contributed by atoms with Crippen LogP contribution < -0.4 is 0 Å². The Morgan fingerprint density at radius 1 is 0.939 bits per heavy atom. The van der Waals surface area contributed by atoms with E-state index in [1.807, 2.05) is 98.8 Å². The lowest BCUT2D eigenvalue weighted by molar-refractivity contribution is -0.145. The molecule has 0 aliphatic carbocycles. The molecular weight excluding hydrogens is 414 g/mol. The Morgan fingerprint density at radius 3 is 2.12 bits per heavy atom. The molecule has 3 aromatic carbocycles. The fourth-order valence-corrected chi connectivity index (χ4v) is 4.08. The molecule has 170 valence electrons. The lowest BCUT2D eigenvalue weighted by Gasteiger charge is -2.33. The van der Waals surface area contributed by atoms with Gasteiger partial charge in [0.1, 0.15) is 5.54 Å². The Bertz CT molecular complexity index is 1100. The van der Waals surface area contributed by atoms with Crippen molar-refractivity contribution in [1.29, 1.82) is 0 Å². The van der Waals surface area contributed by atoms with Crippen LogP contribution in [-0.4, -0.2) is 29.1 Å². The van der Waals surface area contributed by atoms with E-state index in [1.54, 1.807) is 6.92 Å². The first-order chi connectivity index (χ1) is 15.9. The Hall–Kier alpha value is -3.60. The third-order valence-electron chi connectivity index (χ3n) is 5.86. The fourth-order valence-electron chi connectivity index (χ4n) is 4.08. The summed E-state index contributed by atoms with van der Waals surface area (Å²) in [6.45, 7) is 5.96. The van der Waals surface area contributed by atoms with Gasteiger partial charge in [0, 0.05) is 12.0 Å². The molecule has 3 aromatic rings. The molecule has 0 saturated carbocycles. The number of amides is 1. The maximum atomic E-state index is 13.2. The van der Waals surface area contributed by atoms with Crippen LogP contribution in [0.1, 0.15) is 38.1 Å². The average molecular weight is 444 g/mol. The van der Waals surface area contributed by atoms with Gasteiger partial charge in [-0.05, 0) is 29.5 Å². The number of cyclic esters (lactones) is 1. The Morgan fingerprint density at radius 2 is 1.52 bits per heavy atom. The number of hydrogen-bond acceptors (Lipinski definition) is 4. The van der Waals surface area contributed by atoms with Gasteiger partial charge in [-0.3, -0.25) is 4.90 Å². The Balaban J connectivity index is 1.67. The van der Waals surface area contributed by atoms with Crippen LogP contribution >= 0.6 is 0 Å². The second-order valence-electron chi connectivity index (χ2n) is 9.02. The molecule has 0 aromatic heterocycles. The van der Waals surface area contributed by atoms with Crippen LogP contribution in [0.4, 0.5) is 4.79 Å². The Kier molecular flexibility index (Phi) is 6.50. The molecule has 2 atom stereocenters. The molecule has 0 N–H and O–H groups in total. The van der Waals surface area contributed by atoms with Crippen LogP contribution in [0.2, 0.25) is 0 Å². The third-order valence-corrected chi connectivity index (χ3v) is 5.86. The maximum absolute atomic E-state index is 13.2. The van der Waals surface area contributed by atoms with Crippen molar-refractivity contribution in [2.45, 2.75) is 39.0 Å². The summed E-state index contributed by atoms with van der Waals surface area (Å²) in [6, 6.07) is 27.4. The highest BCUT2D eigenvalue weighted by atomic mass is 16.6. The summed E-state index contributed by atoms with van der Waals surface area (Å²) >= 11 is 0. The first kappa shape index (κ1) is 22.6. The van der Waals surface area contributed by atoms with E-state index in [2.05, 4.69) is 0 Å². The number of carbonyl (C=O) groups is 2. The third kappa shape index (κ3) is 4.77. The van der Waals surface area contributed by atoms with Gasteiger partial charge in [0.15, 0.2) is 0 Å². The van der Waals surface area contributed by atoms with Gasteiger partial charge >= 0.3 is 12.1 Å². The molecule has 0 radical (unpaired) electrons. The van der Waals surface area contributed by atoms with E-state index in [4.69, 9.17) is 9.47 Å². The highest BCUT2D eigenvalue weighted by molar-refractivity contribution is 5.89. The molecule has 1 aliphatic rings. The minimum atomic E-state index is -1.18. The van der Waals surface area contributed by atoms with E-state index < -0.39 is 23.8 Å². The van der Waals surface area contributed by atoms with Crippen molar-refractivity contribution in [3.05, 3.63) is 96.1 Å². The zero-order valence-corrected chi connectivity index (χ0v) is 19.2. The summed E-state index contributed by atoms with van der Waals surface area (Å²) in [5, 5.41) is 0. The lowest BCUT2D eigenvalue weighted by atomic mass is 9.91. The van der Waals surface area contributed by atoms with Gasteiger partial charge in [0.2, 0.25) is 6.23 Å². The van der Waals surface area contributed by atoms with Crippen molar-refractivity contribution >= 4 is 12.1 Å². The topological polar surface area (TPSA) is 55.8 Å². The van der Waals surface area contributed by atoms with Gasteiger partial charge in [0.25, 0.3) is 0 Å². The number of nitrogens with zero attached hydrogens (tertiary/aromatic N) is 1. The standard InChI is InChI=1S/C28H29NO4/c1-20(2)19-32-27(31)29-25(24-16-14-23(15-17-24)22-12-8-5-9-13-22)33-26(30)28(29,3)18-21-10-6-4-7-11-21/h4-17,20,25H,18-19H2,1-3H3/t25-,28+/m0/s1. The SMILES string of the molecule is CC(C)COC(=O)N1[C@H](c2ccc(-c3ccccc3)cc2)OC(=O)[C@@]1(C)Cc1ccccc1. The minimum absolute atomic E-state index is 0.178.